The highest BCUT2D eigenvalue weighted by Crippen LogP contribution is 2.31. The van der Waals surface area contributed by atoms with E-state index in [1.54, 1.807) is 17.0 Å². The van der Waals surface area contributed by atoms with Crippen molar-refractivity contribution >= 4 is 22.8 Å². The molecule has 0 spiro atoms. The number of likely N-dealkylation sites (tertiary alicyclic amines) is 1. The van der Waals surface area contributed by atoms with Crippen LogP contribution in [0.25, 0.3) is 10.9 Å². The zero-order valence-corrected chi connectivity index (χ0v) is 13.5. The number of carboxylic acids is 1. The van der Waals surface area contributed by atoms with Crippen LogP contribution in [0.1, 0.15) is 38.7 Å². The third kappa shape index (κ3) is 2.65. The van der Waals surface area contributed by atoms with E-state index in [9.17, 15) is 14.7 Å². The number of para-hydroxylation sites is 1. The Kier molecular flexibility index (Phi) is 3.72. The van der Waals surface area contributed by atoms with E-state index in [1.807, 2.05) is 36.4 Å². The van der Waals surface area contributed by atoms with Crippen molar-refractivity contribution in [1.29, 1.82) is 0 Å². The van der Waals surface area contributed by atoms with Gasteiger partial charge < -0.3 is 10.0 Å². The Morgan fingerprint density at radius 3 is 2.72 bits per heavy atom. The number of carbonyl (C=O) groups excluding carboxylic acids is 1. The lowest BCUT2D eigenvalue weighted by Crippen LogP contribution is -2.29. The molecule has 1 amide bonds. The lowest BCUT2D eigenvalue weighted by Gasteiger charge is -2.16. The molecule has 6 nitrogen and oxygen atoms in total. The Labute approximate surface area is 144 Å². The number of fused-ring (bicyclic) bond motifs is 1. The minimum atomic E-state index is -0.932. The Balaban J connectivity index is 1.59. The van der Waals surface area contributed by atoms with E-state index in [4.69, 9.17) is 0 Å². The number of aromatic amines is 1. The average molecular weight is 335 g/mol. The van der Waals surface area contributed by atoms with Crippen molar-refractivity contribution < 1.29 is 14.7 Å². The molecule has 1 aliphatic heterocycles. The lowest BCUT2D eigenvalue weighted by atomic mass is 9.93. The third-order valence-corrected chi connectivity index (χ3v) is 4.78. The maximum atomic E-state index is 12.8. The first kappa shape index (κ1) is 15.4. The normalized spacial score (nSPS) is 17.1. The number of rotatable bonds is 3. The quantitative estimate of drug-likeness (QED) is 0.770. The molecule has 1 unspecified atom stereocenters. The van der Waals surface area contributed by atoms with Gasteiger partial charge in [0.25, 0.3) is 5.91 Å². The number of amides is 1. The van der Waals surface area contributed by atoms with Gasteiger partial charge in [0.2, 0.25) is 0 Å². The predicted octanol–water partition coefficient (Wildman–Crippen LogP) is 2.89. The standard InChI is InChI=1S/C19H17N3O3/c23-18(17-15-7-3-4-8-16(15)20-21-17)22-10-9-12(11-22)13-5-1-2-6-14(13)19(24)25/h1-8,12H,9-11H2,(H,20,21)(H,24,25). The number of nitrogens with zero attached hydrogens (tertiary/aromatic N) is 2. The molecular weight excluding hydrogens is 318 g/mol. The molecule has 2 heterocycles. The number of hydrogen-bond donors (Lipinski definition) is 2. The summed E-state index contributed by atoms with van der Waals surface area (Å²) in [4.78, 5) is 26.0. The molecule has 0 radical (unpaired) electrons. The van der Waals surface area contributed by atoms with Gasteiger partial charge in [0.05, 0.1) is 11.1 Å². The van der Waals surface area contributed by atoms with E-state index in [1.165, 1.54) is 0 Å². The van der Waals surface area contributed by atoms with Crippen molar-refractivity contribution in [2.45, 2.75) is 12.3 Å². The SMILES string of the molecule is O=C(O)c1ccccc1C1CCN(C(=O)c2n[nH]c3ccccc23)C1. The second kappa shape index (κ2) is 6.05. The summed E-state index contributed by atoms with van der Waals surface area (Å²) in [6.45, 7) is 1.10. The van der Waals surface area contributed by atoms with Gasteiger partial charge in [0.1, 0.15) is 0 Å². The van der Waals surface area contributed by atoms with Gasteiger partial charge in [-0.2, -0.15) is 5.10 Å². The molecule has 3 aromatic rings. The molecule has 0 bridgehead atoms. The molecule has 126 valence electrons. The maximum Gasteiger partial charge on any atom is 0.335 e. The highest BCUT2D eigenvalue weighted by Gasteiger charge is 2.31. The Morgan fingerprint density at radius 2 is 1.88 bits per heavy atom. The fourth-order valence-corrected chi connectivity index (χ4v) is 3.52. The second-order valence-corrected chi connectivity index (χ2v) is 6.25. The number of nitrogens with one attached hydrogen (secondary N) is 1. The summed E-state index contributed by atoms with van der Waals surface area (Å²) in [6.07, 6.45) is 0.748. The highest BCUT2D eigenvalue weighted by molar-refractivity contribution is 6.04. The summed E-state index contributed by atoms with van der Waals surface area (Å²) < 4.78 is 0. The smallest absolute Gasteiger partial charge is 0.335 e. The van der Waals surface area contributed by atoms with Crippen molar-refractivity contribution in [2.24, 2.45) is 0 Å². The summed E-state index contributed by atoms with van der Waals surface area (Å²) in [5.41, 5.74) is 2.35. The van der Waals surface area contributed by atoms with Crippen LogP contribution in [0.5, 0.6) is 0 Å². The van der Waals surface area contributed by atoms with Crippen LogP contribution in [0.2, 0.25) is 0 Å². The number of H-pyrrole nitrogens is 1. The van der Waals surface area contributed by atoms with Gasteiger partial charge >= 0.3 is 5.97 Å². The first-order chi connectivity index (χ1) is 12.1. The molecule has 1 saturated heterocycles. The molecule has 1 atom stereocenters. The first-order valence-electron chi connectivity index (χ1n) is 8.20. The molecule has 0 aliphatic carbocycles. The van der Waals surface area contributed by atoms with Gasteiger partial charge in [0.15, 0.2) is 5.69 Å². The second-order valence-electron chi connectivity index (χ2n) is 6.25. The van der Waals surface area contributed by atoms with Crippen LogP contribution >= 0.6 is 0 Å². The molecule has 4 rings (SSSR count). The van der Waals surface area contributed by atoms with Crippen LogP contribution in [-0.4, -0.2) is 45.2 Å². The van der Waals surface area contributed by atoms with Crippen molar-refractivity contribution in [3.8, 4) is 0 Å². The summed E-state index contributed by atoms with van der Waals surface area (Å²) in [5.74, 6) is -1.02. The van der Waals surface area contributed by atoms with Crippen molar-refractivity contribution in [1.82, 2.24) is 15.1 Å². The molecule has 0 saturated carbocycles. The molecule has 6 heteroatoms. The number of aromatic nitrogens is 2. The van der Waals surface area contributed by atoms with Crippen molar-refractivity contribution in [3.05, 3.63) is 65.4 Å². The number of aromatic carboxylic acids is 1. The molecule has 1 fully saturated rings. The number of carbonyl (C=O) groups is 2. The van der Waals surface area contributed by atoms with Crippen LogP contribution in [0.3, 0.4) is 0 Å². The number of carboxylic acid groups (broad SMARTS) is 1. The minimum Gasteiger partial charge on any atom is -0.478 e. The van der Waals surface area contributed by atoms with Crippen molar-refractivity contribution in [3.63, 3.8) is 0 Å². The summed E-state index contributed by atoms with van der Waals surface area (Å²) in [7, 11) is 0. The summed E-state index contributed by atoms with van der Waals surface area (Å²) >= 11 is 0. The molecule has 25 heavy (non-hydrogen) atoms. The molecule has 1 aliphatic rings. The monoisotopic (exact) mass is 335 g/mol. The predicted molar refractivity (Wildman–Crippen MR) is 92.8 cm³/mol. The van der Waals surface area contributed by atoms with Crippen LogP contribution in [0.4, 0.5) is 0 Å². The molecular formula is C19H17N3O3. The summed E-state index contributed by atoms with van der Waals surface area (Å²) in [5, 5.41) is 17.2. The lowest BCUT2D eigenvalue weighted by molar-refractivity contribution is 0.0695. The molecule has 2 aromatic carbocycles. The van der Waals surface area contributed by atoms with Gasteiger partial charge in [-0.25, -0.2) is 4.79 Å². The first-order valence-corrected chi connectivity index (χ1v) is 8.20. The van der Waals surface area contributed by atoms with E-state index in [-0.39, 0.29) is 11.8 Å². The zero-order valence-electron chi connectivity index (χ0n) is 13.5. The van der Waals surface area contributed by atoms with Crippen LogP contribution in [0, 0.1) is 0 Å². The minimum absolute atomic E-state index is 0.0291. The Morgan fingerprint density at radius 1 is 1.12 bits per heavy atom. The highest BCUT2D eigenvalue weighted by atomic mass is 16.4. The molecule has 1 aromatic heterocycles. The van der Waals surface area contributed by atoms with Crippen LogP contribution in [0.15, 0.2) is 48.5 Å². The number of benzene rings is 2. The van der Waals surface area contributed by atoms with Gasteiger partial charge in [-0.3, -0.25) is 9.89 Å². The fraction of sp³-hybridized carbons (Fsp3) is 0.211. The van der Waals surface area contributed by atoms with Gasteiger partial charge in [-0.1, -0.05) is 36.4 Å². The molecule has 2 N–H and O–H groups in total. The third-order valence-electron chi connectivity index (χ3n) is 4.78. The van der Waals surface area contributed by atoms with E-state index in [2.05, 4.69) is 10.2 Å². The maximum absolute atomic E-state index is 12.8. The average Bonchev–Trinajstić information content (AvgIpc) is 3.28. The topological polar surface area (TPSA) is 86.3 Å². The van der Waals surface area contributed by atoms with Gasteiger partial charge in [-0.05, 0) is 24.1 Å². The van der Waals surface area contributed by atoms with E-state index >= 15 is 0 Å². The van der Waals surface area contributed by atoms with Crippen LogP contribution < -0.4 is 0 Å². The Bertz CT molecular complexity index is 963. The Hall–Kier alpha value is -3.15. The van der Waals surface area contributed by atoms with E-state index in [0.717, 1.165) is 22.9 Å². The van der Waals surface area contributed by atoms with Crippen LogP contribution in [-0.2, 0) is 0 Å². The van der Waals surface area contributed by atoms with Crippen molar-refractivity contribution in [2.75, 3.05) is 13.1 Å². The van der Waals surface area contributed by atoms with Gasteiger partial charge in [-0.15, -0.1) is 0 Å². The zero-order chi connectivity index (χ0) is 17.4. The summed E-state index contributed by atoms with van der Waals surface area (Å²) in [6, 6.07) is 14.5. The van der Waals surface area contributed by atoms with Gasteiger partial charge in [0, 0.05) is 24.4 Å². The van der Waals surface area contributed by atoms with E-state index in [0.29, 0.717) is 24.3 Å². The fourth-order valence-electron chi connectivity index (χ4n) is 3.52. The number of hydrogen-bond acceptors (Lipinski definition) is 3. The van der Waals surface area contributed by atoms with E-state index < -0.39 is 5.97 Å². The largest absolute Gasteiger partial charge is 0.478 e.